The number of ether oxygens (including phenoxy) is 1. The van der Waals surface area contributed by atoms with Gasteiger partial charge in [-0.2, -0.15) is 0 Å². The zero-order chi connectivity index (χ0) is 13.8. The lowest BCUT2D eigenvalue weighted by Crippen LogP contribution is -2.13. The van der Waals surface area contributed by atoms with Crippen molar-refractivity contribution in [3.8, 4) is 0 Å². The molecule has 5 nitrogen and oxygen atoms in total. The predicted octanol–water partition coefficient (Wildman–Crippen LogP) is 2.23. The third-order valence-electron chi connectivity index (χ3n) is 3.37. The SMILES string of the molecule is COCCNc1ncc2c(n1)CCN2c1ccccc1. The highest BCUT2D eigenvalue weighted by molar-refractivity contribution is 5.68. The van der Waals surface area contributed by atoms with E-state index in [4.69, 9.17) is 4.74 Å². The Hall–Kier alpha value is -2.14. The van der Waals surface area contributed by atoms with Crippen LogP contribution in [0.3, 0.4) is 0 Å². The summed E-state index contributed by atoms with van der Waals surface area (Å²) in [5.41, 5.74) is 3.40. The van der Waals surface area contributed by atoms with Crippen molar-refractivity contribution >= 4 is 17.3 Å². The van der Waals surface area contributed by atoms with Gasteiger partial charge in [0, 0.05) is 32.3 Å². The summed E-state index contributed by atoms with van der Waals surface area (Å²) in [5.74, 6) is 0.677. The van der Waals surface area contributed by atoms with E-state index in [0.717, 1.165) is 30.9 Å². The number of rotatable bonds is 5. The molecule has 0 radical (unpaired) electrons. The van der Waals surface area contributed by atoms with Gasteiger partial charge in [0.2, 0.25) is 5.95 Å². The fourth-order valence-corrected chi connectivity index (χ4v) is 2.38. The fourth-order valence-electron chi connectivity index (χ4n) is 2.38. The molecule has 0 fully saturated rings. The molecule has 0 saturated carbocycles. The molecule has 1 aromatic heterocycles. The average Bonchev–Trinajstić information content (AvgIpc) is 2.91. The number of benzene rings is 1. The third kappa shape index (κ3) is 2.58. The van der Waals surface area contributed by atoms with Gasteiger partial charge in [-0.3, -0.25) is 0 Å². The Bertz CT molecular complexity index is 573. The van der Waals surface area contributed by atoms with Crippen molar-refractivity contribution in [3.63, 3.8) is 0 Å². The maximum atomic E-state index is 5.00. The maximum Gasteiger partial charge on any atom is 0.223 e. The van der Waals surface area contributed by atoms with E-state index in [2.05, 4.69) is 44.5 Å². The minimum absolute atomic E-state index is 0.649. The number of para-hydroxylation sites is 1. The molecule has 0 aliphatic carbocycles. The van der Waals surface area contributed by atoms with E-state index in [1.165, 1.54) is 5.69 Å². The van der Waals surface area contributed by atoms with Gasteiger partial charge in [0.25, 0.3) is 0 Å². The Morgan fingerprint density at radius 1 is 1.30 bits per heavy atom. The largest absolute Gasteiger partial charge is 0.383 e. The summed E-state index contributed by atoms with van der Waals surface area (Å²) in [4.78, 5) is 11.2. The third-order valence-corrected chi connectivity index (χ3v) is 3.37. The van der Waals surface area contributed by atoms with E-state index in [1.54, 1.807) is 7.11 Å². The highest BCUT2D eigenvalue weighted by atomic mass is 16.5. The summed E-state index contributed by atoms with van der Waals surface area (Å²) >= 11 is 0. The summed E-state index contributed by atoms with van der Waals surface area (Å²) in [5, 5.41) is 3.16. The Balaban J connectivity index is 1.78. The van der Waals surface area contributed by atoms with Crippen molar-refractivity contribution < 1.29 is 4.74 Å². The highest BCUT2D eigenvalue weighted by Crippen LogP contribution is 2.32. The zero-order valence-electron chi connectivity index (χ0n) is 11.5. The summed E-state index contributed by atoms with van der Waals surface area (Å²) in [7, 11) is 1.68. The Kier molecular flexibility index (Phi) is 3.78. The molecule has 0 bridgehead atoms. The summed E-state index contributed by atoms with van der Waals surface area (Å²) < 4.78 is 5.00. The van der Waals surface area contributed by atoms with Crippen molar-refractivity contribution in [2.45, 2.75) is 6.42 Å². The van der Waals surface area contributed by atoms with Gasteiger partial charge in [0.1, 0.15) is 0 Å². The first-order valence-corrected chi connectivity index (χ1v) is 6.80. The number of aromatic nitrogens is 2. The summed E-state index contributed by atoms with van der Waals surface area (Å²) in [6.07, 6.45) is 2.85. The normalized spacial score (nSPS) is 13.3. The van der Waals surface area contributed by atoms with Crippen LogP contribution in [0.1, 0.15) is 5.69 Å². The van der Waals surface area contributed by atoms with Gasteiger partial charge >= 0.3 is 0 Å². The second-order valence-corrected chi connectivity index (χ2v) is 4.68. The van der Waals surface area contributed by atoms with Crippen LogP contribution < -0.4 is 10.2 Å². The van der Waals surface area contributed by atoms with Crippen molar-refractivity contribution in [1.82, 2.24) is 9.97 Å². The quantitative estimate of drug-likeness (QED) is 0.844. The van der Waals surface area contributed by atoms with Crippen molar-refractivity contribution in [3.05, 3.63) is 42.2 Å². The summed E-state index contributed by atoms with van der Waals surface area (Å²) in [6, 6.07) is 10.4. The van der Waals surface area contributed by atoms with E-state index in [0.29, 0.717) is 12.6 Å². The molecule has 1 N–H and O–H groups in total. The lowest BCUT2D eigenvalue weighted by molar-refractivity contribution is 0.210. The average molecular weight is 270 g/mol. The van der Waals surface area contributed by atoms with E-state index in [9.17, 15) is 0 Å². The molecule has 0 spiro atoms. The molecule has 2 aromatic rings. The van der Waals surface area contributed by atoms with Gasteiger partial charge in [-0.05, 0) is 12.1 Å². The van der Waals surface area contributed by atoms with Crippen molar-refractivity contribution in [2.75, 3.05) is 37.0 Å². The van der Waals surface area contributed by atoms with E-state index in [-0.39, 0.29) is 0 Å². The molecule has 5 heteroatoms. The maximum absolute atomic E-state index is 5.00. The molecule has 0 atom stereocenters. The number of nitrogens with zero attached hydrogens (tertiary/aromatic N) is 3. The first kappa shape index (κ1) is 12.9. The lowest BCUT2D eigenvalue weighted by Gasteiger charge is -2.18. The molecule has 1 aliphatic heterocycles. The minimum atomic E-state index is 0.649. The Morgan fingerprint density at radius 3 is 2.95 bits per heavy atom. The predicted molar refractivity (Wildman–Crippen MR) is 79.5 cm³/mol. The number of hydrogen-bond donors (Lipinski definition) is 1. The fraction of sp³-hybridized carbons (Fsp3) is 0.333. The highest BCUT2D eigenvalue weighted by Gasteiger charge is 2.22. The molecule has 2 heterocycles. The van der Waals surface area contributed by atoms with E-state index < -0.39 is 0 Å². The van der Waals surface area contributed by atoms with Crippen LogP contribution >= 0.6 is 0 Å². The number of hydrogen-bond acceptors (Lipinski definition) is 5. The van der Waals surface area contributed by atoms with Crippen LogP contribution in [0.4, 0.5) is 17.3 Å². The number of fused-ring (bicyclic) bond motifs is 1. The van der Waals surface area contributed by atoms with Crippen LogP contribution in [0.5, 0.6) is 0 Å². The van der Waals surface area contributed by atoms with Crippen LogP contribution in [0.2, 0.25) is 0 Å². The monoisotopic (exact) mass is 270 g/mol. The molecule has 1 aliphatic rings. The minimum Gasteiger partial charge on any atom is -0.383 e. The lowest BCUT2D eigenvalue weighted by atomic mass is 10.3. The molecular weight excluding hydrogens is 252 g/mol. The number of anilines is 3. The summed E-state index contributed by atoms with van der Waals surface area (Å²) in [6.45, 7) is 2.32. The van der Waals surface area contributed by atoms with Crippen LogP contribution in [0.15, 0.2) is 36.5 Å². The molecule has 104 valence electrons. The van der Waals surface area contributed by atoms with Crippen LogP contribution in [0.25, 0.3) is 0 Å². The van der Waals surface area contributed by atoms with Gasteiger partial charge in [-0.15, -0.1) is 0 Å². The van der Waals surface area contributed by atoms with Crippen molar-refractivity contribution in [1.29, 1.82) is 0 Å². The Morgan fingerprint density at radius 2 is 2.15 bits per heavy atom. The van der Waals surface area contributed by atoms with Gasteiger partial charge in [-0.1, -0.05) is 18.2 Å². The Labute approximate surface area is 118 Å². The van der Waals surface area contributed by atoms with Crippen LogP contribution in [-0.4, -0.2) is 36.8 Å². The van der Waals surface area contributed by atoms with Gasteiger partial charge in [0.15, 0.2) is 0 Å². The van der Waals surface area contributed by atoms with E-state index in [1.807, 2.05) is 12.3 Å². The van der Waals surface area contributed by atoms with Gasteiger partial charge < -0.3 is 15.0 Å². The second-order valence-electron chi connectivity index (χ2n) is 4.68. The molecule has 3 rings (SSSR count). The molecule has 0 saturated heterocycles. The molecule has 20 heavy (non-hydrogen) atoms. The topological polar surface area (TPSA) is 50.3 Å². The van der Waals surface area contributed by atoms with Crippen LogP contribution in [0, 0.1) is 0 Å². The van der Waals surface area contributed by atoms with Gasteiger partial charge in [0.05, 0.1) is 24.2 Å². The van der Waals surface area contributed by atoms with Crippen molar-refractivity contribution in [2.24, 2.45) is 0 Å². The second kappa shape index (κ2) is 5.88. The molecule has 1 aromatic carbocycles. The number of nitrogens with one attached hydrogen (secondary N) is 1. The zero-order valence-corrected chi connectivity index (χ0v) is 11.5. The first-order valence-electron chi connectivity index (χ1n) is 6.80. The smallest absolute Gasteiger partial charge is 0.223 e. The van der Waals surface area contributed by atoms with Crippen LogP contribution in [-0.2, 0) is 11.2 Å². The molecule has 0 amide bonds. The first-order chi connectivity index (χ1) is 9.88. The molecule has 0 unspecified atom stereocenters. The van der Waals surface area contributed by atoms with Gasteiger partial charge in [-0.25, -0.2) is 9.97 Å². The standard InChI is InChI=1S/C15H18N4O/c1-20-10-8-16-15-17-11-14-13(18-15)7-9-19(14)12-5-3-2-4-6-12/h2-6,11H,7-10H2,1H3,(H,16,17,18). The number of methoxy groups -OCH3 is 1. The van der Waals surface area contributed by atoms with E-state index >= 15 is 0 Å². The molecular formula is C15H18N4O.